The SMILES string of the molecule is N#Cc1ccc(CC(=O)[C@H](CCc2ccccc2)NC(=O)[C@@H](N)CC(=O)N(CCN)CCN)cc1. The monoisotopic (exact) mass is 478 g/mol. The van der Waals surface area contributed by atoms with Crippen LogP contribution in [0.2, 0.25) is 0 Å². The van der Waals surface area contributed by atoms with Crippen molar-refractivity contribution in [3.63, 3.8) is 0 Å². The zero-order valence-electron chi connectivity index (χ0n) is 19.9. The summed E-state index contributed by atoms with van der Waals surface area (Å²) in [6.45, 7) is 1.21. The molecule has 0 radical (unpaired) electrons. The number of rotatable bonds is 14. The van der Waals surface area contributed by atoms with E-state index in [1.807, 2.05) is 36.4 Å². The molecule has 2 amide bonds. The van der Waals surface area contributed by atoms with Crippen LogP contribution in [0.25, 0.3) is 0 Å². The number of ketones is 1. The maximum Gasteiger partial charge on any atom is 0.238 e. The van der Waals surface area contributed by atoms with Gasteiger partial charge in [0.05, 0.1) is 30.1 Å². The summed E-state index contributed by atoms with van der Waals surface area (Å²) >= 11 is 0. The summed E-state index contributed by atoms with van der Waals surface area (Å²) in [5, 5.41) is 11.7. The molecule has 0 saturated heterocycles. The van der Waals surface area contributed by atoms with Gasteiger partial charge in [0.2, 0.25) is 11.8 Å². The lowest BCUT2D eigenvalue weighted by atomic mass is 9.97. The quantitative estimate of drug-likeness (QED) is 0.302. The summed E-state index contributed by atoms with van der Waals surface area (Å²) < 4.78 is 0. The number of carbonyl (C=O) groups excluding carboxylic acids is 3. The number of hydrogen-bond acceptors (Lipinski definition) is 7. The highest BCUT2D eigenvalue weighted by Gasteiger charge is 2.26. The third-order valence-electron chi connectivity index (χ3n) is 5.61. The molecule has 7 N–H and O–H groups in total. The van der Waals surface area contributed by atoms with E-state index in [0.717, 1.165) is 11.1 Å². The van der Waals surface area contributed by atoms with Crippen molar-refractivity contribution in [3.8, 4) is 6.07 Å². The van der Waals surface area contributed by atoms with Crippen LogP contribution in [-0.4, -0.2) is 60.8 Å². The molecule has 0 bridgehead atoms. The largest absolute Gasteiger partial charge is 0.345 e. The van der Waals surface area contributed by atoms with Gasteiger partial charge < -0.3 is 27.4 Å². The van der Waals surface area contributed by atoms with Crippen LogP contribution in [-0.2, 0) is 27.2 Å². The fourth-order valence-electron chi connectivity index (χ4n) is 3.65. The van der Waals surface area contributed by atoms with Gasteiger partial charge >= 0.3 is 0 Å². The van der Waals surface area contributed by atoms with Crippen LogP contribution in [0.4, 0.5) is 0 Å². The molecule has 0 aliphatic rings. The Morgan fingerprint density at radius 3 is 2.14 bits per heavy atom. The van der Waals surface area contributed by atoms with Gasteiger partial charge in [-0.25, -0.2) is 0 Å². The van der Waals surface area contributed by atoms with Crippen molar-refractivity contribution < 1.29 is 14.4 Å². The Morgan fingerprint density at radius 2 is 1.57 bits per heavy atom. The van der Waals surface area contributed by atoms with Gasteiger partial charge in [-0.2, -0.15) is 5.26 Å². The number of nitriles is 1. The maximum atomic E-state index is 13.1. The fraction of sp³-hybridized carbons (Fsp3) is 0.385. The average molecular weight is 479 g/mol. The first-order valence-electron chi connectivity index (χ1n) is 11.7. The van der Waals surface area contributed by atoms with Gasteiger partial charge in [-0.05, 0) is 36.1 Å². The molecule has 0 aliphatic carbocycles. The minimum Gasteiger partial charge on any atom is -0.345 e. The summed E-state index contributed by atoms with van der Waals surface area (Å²) in [6, 6.07) is 16.6. The summed E-state index contributed by atoms with van der Waals surface area (Å²) in [4.78, 5) is 40.0. The summed E-state index contributed by atoms with van der Waals surface area (Å²) in [6.07, 6.45) is 0.860. The fourth-order valence-corrected chi connectivity index (χ4v) is 3.65. The van der Waals surface area contributed by atoms with Crippen molar-refractivity contribution in [1.82, 2.24) is 10.2 Å². The predicted octanol–water partition coefficient (Wildman–Crippen LogP) is 0.251. The van der Waals surface area contributed by atoms with Crippen LogP contribution in [0.15, 0.2) is 54.6 Å². The second kappa shape index (κ2) is 14.6. The molecule has 35 heavy (non-hydrogen) atoms. The Kier molecular flexibility index (Phi) is 11.6. The zero-order chi connectivity index (χ0) is 25.6. The highest BCUT2D eigenvalue weighted by atomic mass is 16.2. The van der Waals surface area contributed by atoms with E-state index < -0.39 is 18.0 Å². The number of carbonyl (C=O) groups is 3. The molecule has 2 atom stereocenters. The third kappa shape index (κ3) is 9.29. The van der Waals surface area contributed by atoms with Crippen LogP contribution in [0.1, 0.15) is 29.5 Å². The van der Waals surface area contributed by atoms with Crippen LogP contribution in [0, 0.1) is 11.3 Å². The normalized spacial score (nSPS) is 12.3. The number of nitrogens with zero attached hydrogens (tertiary/aromatic N) is 2. The number of amides is 2. The van der Waals surface area contributed by atoms with Crippen molar-refractivity contribution >= 4 is 17.6 Å². The second-order valence-corrected chi connectivity index (χ2v) is 8.31. The Bertz CT molecular complexity index is 998. The molecular weight excluding hydrogens is 444 g/mol. The highest BCUT2D eigenvalue weighted by molar-refractivity contribution is 5.93. The molecule has 2 aromatic rings. The summed E-state index contributed by atoms with van der Waals surface area (Å²) in [5.41, 5.74) is 19.4. The standard InChI is InChI=1S/C26H34N6O3/c27-12-14-32(15-13-28)25(34)17-22(30)26(35)31-23(11-10-19-4-2-1-3-5-19)24(33)16-20-6-8-21(18-29)9-7-20/h1-9,22-23H,10-17,27-28,30H2,(H,31,35)/t22-,23-/m0/s1. The zero-order valence-corrected chi connectivity index (χ0v) is 19.9. The second-order valence-electron chi connectivity index (χ2n) is 8.31. The van der Waals surface area contributed by atoms with E-state index in [2.05, 4.69) is 5.32 Å². The highest BCUT2D eigenvalue weighted by Crippen LogP contribution is 2.11. The average Bonchev–Trinajstić information content (AvgIpc) is 2.87. The lowest BCUT2D eigenvalue weighted by Crippen LogP contribution is -2.51. The minimum absolute atomic E-state index is 0.0976. The summed E-state index contributed by atoms with van der Waals surface area (Å²) in [7, 11) is 0. The van der Waals surface area contributed by atoms with Gasteiger partial charge in [-0.3, -0.25) is 14.4 Å². The summed E-state index contributed by atoms with van der Waals surface area (Å²) in [5.74, 6) is -1.05. The Balaban J connectivity index is 2.07. The van der Waals surface area contributed by atoms with Crippen molar-refractivity contribution in [1.29, 1.82) is 5.26 Å². The first-order chi connectivity index (χ1) is 16.9. The number of nitrogens with two attached hydrogens (primary N) is 3. The van der Waals surface area contributed by atoms with Gasteiger partial charge in [0, 0.05) is 32.6 Å². The van der Waals surface area contributed by atoms with E-state index in [1.54, 1.807) is 24.3 Å². The number of benzene rings is 2. The molecule has 0 unspecified atom stereocenters. The van der Waals surface area contributed by atoms with Gasteiger partial charge in [0.25, 0.3) is 0 Å². The minimum atomic E-state index is -1.11. The molecule has 0 aliphatic heterocycles. The first kappa shape index (κ1) is 27.7. The Morgan fingerprint density at radius 1 is 0.943 bits per heavy atom. The van der Waals surface area contributed by atoms with E-state index in [0.29, 0.717) is 31.5 Å². The topological polar surface area (TPSA) is 168 Å². The molecular formula is C26H34N6O3. The molecule has 0 aromatic heterocycles. The van der Waals surface area contributed by atoms with E-state index in [9.17, 15) is 14.4 Å². The van der Waals surface area contributed by atoms with Gasteiger partial charge in [-0.1, -0.05) is 42.5 Å². The number of aryl methyl sites for hydroxylation is 1. The van der Waals surface area contributed by atoms with Crippen LogP contribution >= 0.6 is 0 Å². The maximum absolute atomic E-state index is 13.1. The molecule has 0 heterocycles. The van der Waals surface area contributed by atoms with Gasteiger partial charge in [0.15, 0.2) is 5.78 Å². The number of nitrogens with one attached hydrogen (secondary N) is 1. The predicted molar refractivity (Wildman–Crippen MR) is 134 cm³/mol. The first-order valence-corrected chi connectivity index (χ1v) is 11.7. The van der Waals surface area contributed by atoms with E-state index in [4.69, 9.17) is 22.5 Å². The Hall–Kier alpha value is -3.58. The van der Waals surface area contributed by atoms with Gasteiger partial charge in [0.1, 0.15) is 0 Å². The van der Waals surface area contributed by atoms with Crippen molar-refractivity contribution in [2.24, 2.45) is 17.2 Å². The lowest BCUT2D eigenvalue weighted by molar-refractivity contribution is -0.134. The number of Topliss-reactive ketones (excluding diaryl/α,β-unsaturated/α-hetero) is 1. The van der Waals surface area contributed by atoms with Crippen molar-refractivity contribution in [3.05, 3.63) is 71.3 Å². The van der Waals surface area contributed by atoms with Crippen LogP contribution in [0.3, 0.4) is 0 Å². The molecule has 2 aromatic carbocycles. The van der Waals surface area contributed by atoms with E-state index in [-0.39, 0.29) is 37.6 Å². The number of hydrogen-bond donors (Lipinski definition) is 4. The lowest BCUT2D eigenvalue weighted by Gasteiger charge is -2.24. The molecule has 9 heteroatoms. The molecule has 0 saturated carbocycles. The smallest absolute Gasteiger partial charge is 0.238 e. The third-order valence-corrected chi connectivity index (χ3v) is 5.61. The van der Waals surface area contributed by atoms with Crippen molar-refractivity contribution in [2.45, 2.75) is 37.8 Å². The molecule has 186 valence electrons. The molecule has 0 fully saturated rings. The molecule has 2 rings (SSSR count). The van der Waals surface area contributed by atoms with E-state index >= 15 is 0 Å². The van der Waals surface area contributed by atoms with Gasteiger partial charge in [-0.15, -0.1) is 0 Å². The Labute approximate surface area is 206 Å². The van der Waals surface area contributed by atoms with Crippen molar-refractivity contribution in [2.75, 3.05) is 26.2 Å². The van der Waals surface area contributed by atoms with E-state index in [1.165, 1.54) is 4.90 Å². The van der Waals surface area contributed by atoms with Crippen LogP contribution < -0.4 is 22.5 Å². The molecule has 0 spiro atoms. The molecule has 9 nitrogen and oxygen atoms in total. The van der Waals surface area contributed by atoms with Crippen LogP contribution in [0.5, 0.6) is 0 Å².